The van der Waals surface area contributed by atoms with Gasteiger partial charge in [0, 0.05) is 39.0 Å². The molecule has 0 N–H and O–H groups in total. The summed E-state index contributed by atoms with van der Waals surface area (Å²) in [6.07, 6.45) is 1.10. The molecule has 1 aliphatic rings. The average molecular weight is 395 g/mol. The maximum absolute atomic E-state index is 12.8. The molecule has 0 spiro atoms. The predicted molar refractivity (Wildman–Crippen MR) is 100 cm³/mol. The SMILES string of the molecule is CS(=O)(=O)c1ccc(S(=O)(=O)N2CCN(Cc3ccccc3)CC2)cc1. The van der Waals surface area contributed by atoms with Crippen LogP contribution in [0.4, 0.5) is 0 Å². The van der Waals surface area contributed by atoms with Crippen molar-refractivity contribution < 1.29 is 16.8 Å². The van der Waals surface area contributed by atoms with Crippen molar-refractivity contribution in [1.29, 1.82) is 0 Å². The number of sulfonamides is 1. The highest BCUT2D eigenvalue weighted by atomic mass is 32.2. The normalized spacial score (nSPS) is 17.3. The molecule has 1 fully saturated rings. The number of nitrogens with zero attached hydrogens (tertiary/aromatic N) is 2. The molecule has 0 unspecified atom stereocenters. The third kappa shape index (κ3) is 4.32. The van der Waals surface area contributed by atoms with Crippen molar-refractivity contribution >= 4 is 19.9 Å². The molecule has 0 bridgehead atoms. The number of piperazine rings is 1. The summed E-state index contributed by atoms with van der Waals surface area (Å²) in [5.41, 5.74) is 1.21. The quantitative estimate of drug-likeness (QED) is 0.770. The van der Waals surface area contributed by atoms with E-state index in [1.165, 1.54) is 34.1 Å². The molecule has 2 aromatic rings. The van der Waals surface area contributed by atoms with Crippen LogP contribution >= 0.6 is 0 Å². The average Bonchev–Trinajstić information content (AvgIpc) is 2.62. The molecule has 1 aliphatic heterocycles. The van der Waals surface area contributed by atoms with Crippen LogP contribution in [0.5, 0.6) is 0 Å². The van der Waals surface area contributed by atoms with E-state index in [1.54, 1.807) is 0 Å². The third-order valence-electron chi connectivity index (χ3n) is 4.47. The molecule has 1 heterocycles. The fourth-order valence-electron chi connectivity index (χ4n) is 2.98. The lowest BCUT2D eigenvalue weighted by Gasteiger charge is -2.34. The van der Waals surface area contributed by atoms with Crippen molar-refractivity contribution in [3.8, 4) is 0 Å². The monoisotopic (exact) mass is 394 g/mol. The Labute approximate surface area is 155 Å². The summed E-state index contributed by atoms with van der Waals surface area (Å²) in [5.74, 6) is 0. The molecule has 0 atom stereocenters. The Morgan fingerprint density at radius 2 is 1.31 bits per heavy atom. The third-order valence-corrected chi connectivity index (χ3v) is 7.51. The second-order valence-electron chi connectivity index (χ2n) is 6.41. The Kier molecular flexibility index (Phi) is 5.47. The zero-order valence-corrected chi connectivity index (χ0v) is 16.2. The van der Waals surface area contributed by atoms with Gasteiger partial charge in [-0.1, -0.05) is 30.3 Å². The maximum atomic E-state index is 12.8. The first-order valence-electron chi connectivity index (χ1n) is 8.33. The Morgan fingerprint density at radius 1 is 0.769 bits per heavy atom. The van der Waals surface area contributed by atoms with Crippen LogP contribution in [-0.2, 0) is 26.4 Å². The highest BCUT2D eigenvalue weighted by Gasteiger charge is 2.28. The van der Waals surface area contributed by atoms with Crippen LogP contribution < -0.4 is 0 Å². The first kappa shape index (κ1) is 19.0. The van der Waals surface area contributed by atoms with Gasteiger partial charge in [-0.25, -0.2) is 16.8 Å². The summed E-state index contributed by atoms with van der Waals surface area (Å²) in [6, 6.07) is 15.5. The van der Waals surface area contributed by atoms with Crippen LogP contribution in [0.3, 0.4) is 0 Å². The van der Waals surface area contributed by atoms with Crippen LogP contribution in [-0.4, -0.2) is 58.5 Å². The van der Waals surface area contributed by atoms with Crippen LogP contribution in [0.1, 0.15) is 5.56 Å². The van der Waals surface area contributed by atoms with Crippen molar-refractivity contribution in [3.63, 3.8) is 0 Å². The lowest BCUT2D eigenvalue weighted by Crippen LogP contribution is -2.48. The molecule has 0 aliphatic carbocycles. The van der Waals surface area contributed by atoms with Gasteiger partial charge in [0.15, 0.2) is 9.84 Å². The second kappa shape index (κ2) is 7.48. The van der Waals surface area contributed by atoms with Gasteiger partial charge in [-0.05, 0) is 29.8 Å². The lowest BCUT2D eigenvalue weighted by molar-refractivity contribution is 0.181. The van der Waals surface area contributed by atoms with E-state index in [2.05, 4.69) is 17.0 Å². The van der Waals surface area contributed by atoms with Gasteiger partial charge in [-0.15, -0.1) is 0 Å². The Balaban J connectivity index is 1.66. The first-order valence-corrected chi connectivity index (χ1v) is 11.7. The van der Waals surface area contributed by atoms with Crippen LogP contribution in [0, 0.1) is 0 Å². The summed E-state index contributed by atoms with van der Waals surface area (Å²) >= 11 is 0. The molecule has 140 valence electrons. The van der Waals surface area contributed by atoms with E-state index in [0.717, 1.165) is 12.8 Å². The van der Waals surface area contributed by atoms with E-state index < -0.39 is 19.9 Å². The van der Waals surface area contributed by atoms with E-state index in [-0.39, 0.29) is 9.79 Å². The van der Waals surface area contributed by atoms with Crippen LogP contribution in [0.2, 0.25) is 0 Å². The van der Waals surface area contributed by atoms with Gasteiger partial charge in [-0.2, -0.15) is 4.31 Å². The van der Waals surface area contributed by atoms with E-state index in [1.807, 2.05) is 18.2 Å². The minimum absolute atomic E-state index is 0.115. The smallest absolute Gasteiger partial charge is 0.243 e. The summed E-state index contributed by atoms with van der Waals surface area (Å²) < 4.78 is 50.0. The number of hydrogen-bond acceptors (Lipinski definition) is 5. The molecule has 2 aromatic carbocycles. The van der Waals surface area contributed by atoms with Gasteiger partial charge >= 0.3 is 0 Å². The number of hydrogen-bond donors (Lipinski definition) is 0. The van der Waals surface area contributed by atoms with Crippen LogP contribution in [0.25, 0.3) is 0 Å². The Morgan fingerprint density at radius 3 is 1.85 bits per heavy atom. The van der Waals surface area contributed by atoms with Crippen molar-refractivity contribution in [3.05, 3.63) is 60.2 Å². The zero-order chi connectivity index (χ0) is 18.8. The largest absolute Gasteiger partial charge is 0.296 e. The highest BCUT2D eigenvalue weighted by molar-refractivity contribution is 7.90. The fourth-order valence-corrected chi connectivity index (χ4v) is 5.03. The van der Waals surface area contributed by atoms with Crippen LogP contribution in [0.15, 0.2) is 64.4 Å². The summed E-state index contributed by atoms with van der Waals surface area (Å²) in [7, 11) is -6.95. The number of sulfone groups is 1. The van der Waals surface area contributed by atoms with E-state index in [4.69, 9.17) is 0 Å². The molecular formula is C18H22N2O4S2. The van der Waals surface area contributed by atoms with E-state index >= 15 is 0 Å². The second-order valence-corrected chi connectivity index (χ2v) is 10.4. The lowest BCUT2D eigenvalue weighted by atomic mass is 10.2. The van der Waals surface area contributed by atoms with Crippen molar-refractivity contribution in [2.45, 2.75) is 16.3 Å². The molecule has 3 rings (SSSR count). The van der Waals surface area contributed by atoms with Gasteiger partial charge in [0.25, 0.3) is 0 Å². The minimum Gasteiger partial charge on any atom is -0.296 e. The highest BCUT2D eigenvalue weighted by Crippen LogP contribution is 2.20. The number of benzene rings is 2. The molecule has 8 heteroatoms. The molecule has 1 saturated heterocycles. The molecule has 6 nitrogen and oxygen atoms in total. The molecule has 26 heavy (non-hydrogen) atoms. The molecule has 0 radical (unpaired) electrons. The molecule has 0 saturated carbocycles. The topological polar surface area (TPSA) is 74.8 Å². The molecule has 0 amide bonds. The first-order chi connectivity index (χ1) is 12.3. The Hall–Kier alpha value is -1.74. The summed E-state index contributed by atoms with van der Waals surface area (Å²) in [6.45, 7) is 2.97. The zero-order valence-electron chi connectivity index (χ0n) is 14.6. The van der Waals surface area contributed by atoms with E-state index in [9.17, 15) is 16.8 Å². The summed E-state index contributed by atoms with van der Waals surface area (Å²) in [5, 5.41) is 0. The van der Waals surface area contributed by atoms with E-state index in [0.29, 0.717) is 26.2 Å². The summed E-state index contributed by atoms with van der Waals surface area (Å²) in [4.78, 5) is 2.47. The standard InChI is InChI=1S/C18H22N2O4S2/c1-25(21,22)17-7-9-18(10-8-17)26(23,24)20-13-11-19(12-14-20)15-16-5-3-2-4-6-16/h2-10H,11-15H2,1H3. The molecule has 0 aromatic heterocycles. The van der Waals surface area contributed by atoms with Gasteiger partial charge < -0.3 is 0 Å². The van der Waals surface area contributed by atoms with Crippen molar-refractivity contribution in [1.82, 2.24) is 9.21 Å². The van der Waals surface area contributed by atoms with Gasteiger partial charge in [0.05, 0.1) is 9.79 Å². The minimum atomic E-state index is -3.61. The maximum Gasteiger partial charge on any atom is 0.243 e. The van der Waals surface area contributed by atoms with Crippen molar-refractivity contribution in [2.24, 2.45) is 0 Å². The van der Waals surface area contributed by atoms with Gasteiger partial charge in [0.1, 0.15) is 0 Å². The Bertz CT molecular complexity index is 948. The number of rotatable bonds is 5. The fraction of sp³-hybridized carbons (Fsp3) is 0.333. The molecular weight excluding hydrogens is 372 g/mol. The van der Waals surface area contributed by atoms with Gasteiger partial charge in [-0.3, -0.25) is 4.90 Å². The van der Waals surface area contributed by atoms with Gasteiger partial charge in [0.2, 0.25) is 10.0 Å². The predicted octanol–water partition coefficient (Wildman–Crippen LogP) is 1.60. The van der Waals surface area contributed by atoms with Crippen molar-refractivity contribution in [2.75, 3.05) is 32.4 Å².